The molecule has 0 radical (unpaired) electrons. The van der Waals surface area contributed by atoms with Crippen LogP contribution < -0.4 is 10.4 Å². The molecule has 0 aliphatic carbocycles. The van der Waals surface area contributed by atoms with E-state index in [1.807, 2.05) is 0 Å². The van der Waals surface area contributed by atoms with Crippen molar-refractivity contribution in [1.29, 1.82) is 0 Å². The van der Waals surface area contributed by atoms with Gasteiger partial charge in [0, 0.05) is 11.5 Å². The summed E-state index contributed by atoms with van der Waals surface area (Å²) in [7, 11) is 0. The van der Waals surface area contributed by atoms with E-state index in [1.165, 1.54) is 13.0 Å². The van der Waals surface area contributed by atoms with Gasteiger partial charge in [0.1, 0.15) is 65.6 Å². The highest BCUT2D eigenvalue weighted by atomic mass is 16.7. The maximum Gasteiger partial charge on any atom is 0.347 e. The maximum absolute atomic E-state index is 12.4. The van der Waals surface area contributed by atoms with E-state index in [0.717, 1.165) is 6.07 Å². The van der Waals surface area contributed by atoms with Crippen LogP contribution in [0.1, 0.15) is 5.76 Å². The van der Waals surface area contributed by atoms with Gasteiger partial charge >= 0.3 is 5.63 Å². The highest BCUT2D eigenvalue weighted by Crippen LogP contribution is 2.46. The summed E-state index contributed by atoms with van der Waals surface area (Å²) in [5, 5.41) is 91.9. The predicted molar refractivity (Wildman–Crippen MR) is 127 cm³/mol. The van der Waals surface area contributed by atoms with Crippen molar-refractivity contribution in [2.75, 3.05) is 13.2 Å². The average Bonchev–Trinajstić information content (AvgIpc) is 3.28. The molecule has 3 aromatic rings. The van der Waals surface area contributed by atoms with E-state index < -0.39 is 97.5 Å². The molecule has 16 nitrogen and oxygen atoms in total. The zero-order chi connectivity index (χ0) is 29.0. The second-order valence-corrected chi connectivity index (χ2v) is 9.56. The molecule has 4 heterocycles. The van der Waals surface area contributed by atoms with Gasteiger partial charge in [0.25, 0.3) is 0 Å². The maximum atomic E-state index is 12.4. The van der Waals surface area contributed by atoms with Gasteiger partial charge in [0.2, 0.25) is 17.8 Å². The molecule has 220 valence electrons. The number of hydrogen-bond donors (Lipinski definition) is 9. The molecule has 0 spiro atoms. The van der Waals surface area contributed by atoms with E-state index in [-0.39, 0.29) is 27.7 Å². The molecule has 40 heavy (non-hydrogen) atoms. The van der Waals surface area contributed by atoms with Gasteiger partial charge in [-0.1, -0.05) is 0 Å². The summed E-state index contributed by atoms with van der Waals surface area (Å²) >= 11 is 0. The molecule has 5 rings (SSSR count). The summed E-state index contributed by atoms with van der Waals surface area (Å²) in [6.45, 7) is -0.0779. The van der Waals surface area contributed by atoms with Gasteiger partial charge in [-0.25, -0.2) is 4.79 Å². The third kappa shape index (κ3) is 4.67. The Labute approximate surface area is 223 Å². The largest absolute Gasteiger partial charge is 0.504 e. The molecule has 9 N–H and O–H groups in total. The van der Waals surface area contributed by atoms with Gasteiger partial charge < -0.3 is 73.7 Å². The average molecular weight is 572 g/mol. The lowest BCUT2D eigenvalue weighted by molar-refractivity contribution is -0.352. The van der Waals surface area contributed by atoms with Gasteiger partial charge in [0.05, 0.1) is 13.2 Å². The second-order valence-electron chi connectivity index (χ2n) is 9.56. The van der Waals surface area contributed by atoms with Crippen molar-refractivity contribution in [3.8, 4) is 17.2 Å². The highest BCUT2D eigenvalue weighted by Gasteiger charge is 2.51. The van der Waals surface area contributed by atoms with E-state index in [0.29, 0.717) is 0 Å². The summed E-state index contributed by atoms with van der Waals surface area (Å²) < 4.78 is 32.7. The van der Waals surface area contributed by atoms with Crippen molar-refractivity contribution in [3.05, 3.63) is 28.3 Å². The van der Waals surface area contributed by atoms with E-state index in [9.17, 15) is 50.8 Å². The number of aliphatic hydroxyl groups excluding tert-OH is 7. The van der Waals surface area contributed by atoms with Gasteiger partial charge in [0.15, 0.2) is 17.6 Å². The van der Waals surface area contributed by atoms with Crippen molar-refractivity contribution in [1.82, 2.24) is 0 Å². The number of aryl methyl sites for hydroxylation is 1. The van der Waals surface area contributed by atoms with Crippen LogP contribution in [-0.4, -0.2) is 121 Å². The van der Waals surface area contributed by atoms with E-state index in [1.54, 1.807) is 0 Å². The molecular formula is C24H28O16. The van der Waals surface area contributed by atoms with E-state index >= 15 is 0 Å². The number of phenols is 2. The van der Waals surface area contributed by atoms with Crippen LogP contribution in [0, 0.1) is 6.92 Å². The van der Waals surface area contributed by atoms with Gasteiger partial charge in [-0.2, -0.15) is 0 Å². The predicted octanol–water partition coefficient (Wildman–Crippen LogP) is -2.74. The number of hydrogen-bond acceptors (Lipinski definition) is 16. The summed E-state index contributed by atoms with van der Waals surface area (Å²) in [5.74, 6) is -1.92. The number of benzene rings is 1. The van der Waals surface area contributed by atoms with Crippen LogP contribution in [0.3, 0.4) is 0 Å². The second kappa shape index (κ2) is 10.7. The number of aromatic hydroxyl groups is 2. The quantitative estimate of drug-likeness (QED) is 0.136. The molecule has 0 unspecified atom stereocenters. The minimum atomic E-state index is -1.95. The molecule has 2 aliphatic heterocycles. The smallest absolute Gasteiger partial charge is 0.347 e. The lowest BCUT2D eigenvalue weighted by Gasteiger charge is -2.45. The van der Waals surface area contributed by atoms with Crippen molar-refractivity contribution >= 4 is 21.9 Å². The van der Waals surface area contributed by atoms with Crippen molar-refractivity contribution in [3.63, 3.8) is 0 Å². The van der Waals surface area contributed by atoms with Gasteiger partial charge in [-0.05, 0) is 13.0 Å². The fourth-order valence-corrected chi connectivity index (χ4v) is 4.80. The Morgan fingerprint density at radius 2 is 1.48 bits per heavy atom. The Hall–Kier alpha value is -3.03. The van der Waals surface area contributed by atoms with E-state index in [4.69, 9.17) is 27.8 Å². The SMILES string of the molecule is Cc1cc2oc3c(O[C@@H]4O[C@H](CO)[C@@H](O[C@H]5O[C@H](CO)[C@H](O)[C@H](O)[C@H]5O)[C@H](O)[C@H]4O)c(O)c(O)cc3c2c(=O)o1. The number of rotatable bonds is 6. The van der Waals surface area contributed by atoms with Crippen molar-refractivity contribution < 1.29 is 73.7 Å². The van der Waals surface area contributed by atoms with Crippen LogP contribution >= 0.6 is 0 Å². The number of fused-ring (bicyclic) bond motifs is 3. The Bertz CT molecular complexity index is 1430. The minimum absolute atomic E-state index is 0.00225. The molecule has 2 saturated heterocycles. The molecule has 1 aromatic carbocycles. The number of furan rings is 1. The fraction of sp³-hybridized carbons (Fsp3) is 0.542. The van der Waals surface area contributed by atoms with Gasteiger partial charge in [-0.15, -0.1) is 0 Å². The molecular weight excluding hydrogens is 544 g/mol. The van der Waals surface area contributed by atoms with Crippen LogP contribution in [-0.2, 0) is 14.2 Å². The zero-order valence-corrected chi connectivity index (χ0v) is 20.7. The lowest BCUT2D eigenvalue weighted by Crippen LogP contribution is -2.65. The first-order valence-electron chi connectivity index (χ1n) is 12.1. The van der Waals surface area contributed by atoms with Crippen LogP contribution in [0.25, 0.3) is 21.9 Å². The number of ether oxygens (including phenoxy) is 4. The molecule has 0 bridgehead atoms. The first kappa shape index (κ1) is 28.5. The summed E-state index contributed by atoms with van der Waals surface area (Å²) in [4.78, 5) is 12.4. The Balaban J connectivity index is 1.44. The Kier molecular flexibility index (Phi) is 7.66. The first-order chi connectivity index (χ1) is 19.0. The lowest BCUT2D eigenvalue weighted by atomic mass is 9.97. The topological polar surface area (TPSA) is 262 Å². The van der Waals surface area contributed by atoms with Crippen LogP contribution in [0.5, 0.6) is 17.2 Å². The van der Waals surface area contributed by atoms with Crippen molar-refractivity contribution in [2.45, 2.75) is 68.3 Å². The van der Waals surface area contributed by atoms with E-state index in [2.05, 4.69) is 0 Å². The number of aliphatic hydroxyl groups is 7. The summed E-state index contributed by atoms with van der Waals surface area (Å²) in [6, 6.07) is 2.44. The van der Waals surface area contributed by atoms with Crippen LogP contribution in [0.4, 0.5) is 0 Å². The normalized spacial score (nSPS) is 34.9. The molecule has 2 fully saturated rings. The van der Waals surface area contributed by atoms with Crippen LogP contribution in [0.15, 0.2) is 25.8 Å². The molecule has 0 saturated carbocycles. The third-order valence-corrected chi connectivity index (χ3v) is 6.90. The molecule has 10 atom stereocenters. The van der Waals surface area contributed by atoms with Gasteiger partial charge in [-0.3, -0.25) is 0 Å². The third-order valence-electron chi connectivity index (χ3n) is 6.90. The molecule has 2 aliphatic rings. The summed E-state index contributed by atoms with van der Waals surface area (Å²) in [5.41, 5.74) is -0.971. The zero-order valence-electron chi connectivity index (χ0n) is 20.7. The standard InChI is InChI=1S/C24H28O16/c1-6-2-9-12(22(34)35-6)7-3-8(27)13(28)21(19(7)36-9)40-24-18(33)16(31)20(11(5-26)38-24)39-23-17(32)15(30)14(29)10(4-25)37-23/h2-3,10-11,14-18,20,23-33H,4-5H2,1H3/t10-,11-,14+,15+,16-,17-,18-,20-,23-,24+/m1/s1. The molecule has 0 amide bonds. The highest BCUT2D eigenvalue weighted by molar-refractivity contribution is 6.07. The Morgan fingerprint density at radius 1 is 0.825 bits per heavy atom. The number of phenolic OH excluding ortho intramolecular Hbond substituents is 2. The van der Waals surface area contributed by atoms with Crippen molar-refractivity contribution in [2.24, 2.45) is 0 Å². The molecule has 16 heteroatoms. The summed E-state index contributed by atoms with van der Waals surface area (Å²) in [6.07, 6.45) is -17.1. The molecule has 2 aromatic heterocycles. The Morgan fingerprint density at radius 3 is 2.15 bits per heavy atom. The monoisotopic (exact) mass is 572 g/mol. The van der Waals surface area contributed by atoms with Crippen LogP contribution in [0.2, 0.25) is 0 Å². The fourth-order valence-electron chi connectivity index (χ4n) is 4.80. The first-order valence-corrected chi connectivity index (χ1v) is 12.1. The minimum Gasteiger partial charge on any atom is -0.504 e.